The Morgan fingerprint density at radius 1 is 1.11 bits per heavy atom. The molecule has 1 heterocycles. The van der Waals surface area contributed by atoms with Gasteiger partial charge in [0.2, 0.25) is 0 Å². The summed E-state index contributed by atoms with van der Waals surface area (Å²) in [4.78, 5) is 2.71. The molecule has 3 rings (SSSR count). The molecular formula is C17H25N. The first-order valence-corrected chi connectivity index (χ1v) is 7.43. The highest BCUT2D eigenvalue weighted by molar-refractivity contribution is 5.40. The number of hydrogen-bond acceptors (Lipinski definition) is 1. The van der Waals surface area contributed by atoms with Crippen molar-refractivity contribution in [2.24, 2.45) is 0 Å². The molecule has 1 heteroatoms. The number of rotatable bonds is 1. The molecule has 0 saturated carbocycles. The van der Waals surface area contributed by atoms with Crippen LogP contribution in [0.15, 0.2) is 18.2 Å². The Morgan fingerprint density at radius 3 is 2.50 bits per heavy atom. The summed E-state index contributed by atoms with van der Waals surface area (Å²) in [5.74, 6) is 0. The molecule has 2 aliphatic rings. The fourth-order valence-corrected chi connectivity index (χ4v) is 3.48. The van der Waals surface area contributed by atoms with Gasteiger partial charge in [-0.3, -0.25) is 4.90 Å². The fourth-order valence-electron chi connectivity index (χ4n) is 3.48. The van der Waals surface area contributed by atoms with Gasteiger partial charge in [0.25, 0.3) is 0 Å². The minimum atomic E-state index is 0.271. The lowest BCUT2D eigenvalue weighted by atomic mass is 9.85. The van der Waals surface area contributed by atoms with Crippen LogP contribution in [0, 0.1) is 0 Å². The smallest absolute Gasteiger partial charge is 0.0354 e. The van der Waals surface area contributed by atoms with Gasteiger partial charge >= 0.3 is 0 Å². The molecule has 1 aliphatic carbocycles. The van der Waals surface area contributed by atoms with Gasteiger partial charge in [-0.2, -0.15) is 0 Å². The number of fused-ring (bicyclic) bond motifs is 1. The maximum atomic E-state index is 2.71. The zero-order chi connectivity index (χ0) is 12.8. The van der Waals surface area contributed by atoms with Crippen molar-refractivity contribution >= 4 is 0 Å². The summed E-state index contributed by atoms with van der Waals surface area (Å²) in [6, 6.07) is 7.92. The zero-order valence-corrected chi connectivity index (χ0v) is 12.0. The minimum Gasteiger partial charge on any atom is -0.296 e. The van der Waals surface area contributed by atoms with Gasteiger partial charge in [0.1, 0.15) is 0 Å². The molecule has 1 unspecified atom stereocenters. The third-order valence-electron chi connectivity index (χ3n) is 4.64. The lowest BCUT2D eigenvalue weighted by Gasteiger charge is -2.26. The molecule has 1 aliphatic heterocycles. The van der Waals surface area contributed by atoms with Gasteiger partial charge in [0.15, 0.2) is 0 Å². The summed E-state index contributed by atoms with van der Waals surface area (Å²) in [5, 5.41) is 0. The summed E-state index contributed by atoms with van der Waals surface area (Å²) in [6.07, 6.45) is 5.40. The lowest BCUT2D eigenvalue weighted by Crippen LogP contribution is -2.24. The van der Waals surface area contributed by atoms with Crippen molar-refractivity contribution in [3.8, 4) is 0 Å². The van der Waals surface area contributed by atoms with Gasteiger partial charge in [-0.05, 0) is 60.9 Å². The molecule has 0 N–H and O–H groups in total. The SMILES string of the molecule is CC(C)(C)c1ccc2c(c1)C(N1CCCC1)CC2. The number of aryl methyl sites for hydroxylation is 1. The number of benzene rings is 1. The second kappa shape index (κ2) is 4.38. The van der Waals surface area contributed by atoms with Crippen LogP contribution >= 0.6 is 0 Å². The third kappa shape index (κ3) is 2.09. The summed E-state index contributed by atoms with van der Waals surface area (Å²) >= 11 is 0. The average Bonchev–Trinajstić information content (AvgIpc) is 2.95. The van der Waals surface area contributed by atoms with Gasteiger partial charge in [0.05, 0.1) is 0 Å². The standard InChI is InChI=1S/C17H25N/c1-17(2,3)14-8-6-13-7-9-16(15(13)12-14)18-10-4-5-11-18/h6,8,12,16H,4-5,7,9-11H2,1-3H3. The molecule has 0 bridgehead atoms. The number of nitrogens with zero attached hydrogens (tertiary/aromatic N) is 1. The van der Waals surface area contributed by atoms with Crippen LogP contribution in [0.2, 0.25) is 0 Å². The van der Waals surface area contributed by atoms with Gasteiger partial charge in [0, 0.05) is 6.04 Å². The molecule has 1 saturated heterocycles. The highest BCUT2D eigenvalue weighted by Crippen LogP contribution is 2.39. The normalized spacial score (nSPS) is 24.5. The Balaban J connectivity index is 1.93. The molecule has 1 aromatic carbocycles. The molecule has 1 nitrogen and oxygen atoms in total. The number of hydrogen-bond donors (Lipinski definition) is 0. The average molecular weight is 243 g/mol. The van der Waals surface area contributed by atoms with E-state index in [0.29, 0.717) is 6.04 Å². The fraction of sp³-hybridized carbons (Fsp3) is 0.647. The van der Waals surface area contributed by atoms with Gasteiger partial charge < -0.3 is 0 Å². The van der Waals surface area contributed by atoms with Crippen molar-refractivity contribution < 1.29 is 0 Å². The maximum absolute atomic E-state index is 2.71. The Hall–Kier alpha value is -0.820. The van der Waals surface area contributed by atoms with Crippen LogP contribution in [0.5, 0.6) is 0 Å². The summed E-state index contributed by atoms with van der Waals surface area (Å²) in [6.45, 7) is 9.56. The molecule has 0 aromatic heterocycles. The van der Waals surface area contributed by atoms with E-state index in [9.17, 15) is 0 Å². The lowest BCUT2D eigenvalue weighted by molar-refractivity contribution is 0.245. The molecule has 0 spiro atoms. The van der Waals surface area contributed by atoms with E-state index in [2.05, 4.69) is 43.9 Å². The van der Waals surface area contributed by atoms with Crippen molar-refractivity contribution in [2.75, 3.05) is 13.1 Å². The van der Waals surface area contributed by atoms with E-state index in [4.69, 9.17) is 0 Å². The molecule has 18 heavy (non-hydrogen) atoms. The molecule has 98 valence electrons. The van der Waals surface area contributed by atoms with Crippen molar-refractivity contribution in [1.29, 1.82) is 0 Å². The van der Waals surface area contributed by atoms with Crippen LogP contribution in [-0.2, 0) is 11.8 Å². The van der Waals surface area contributed by atoms with Crippen LogP contribution in [0.1, 0.15) is 62.8 Å². The van der Waals surface area contributed by atoms with E-state index in [1.54, 1.807) is 11.1 Å². The quantitative estimate of drug-likeness (QED) is 0.719. The topological polar surface area (TPSA) is 3.24 Å². The summed E-state index contributed by atoms with van der Waals surface area (Å²) in [7, 11) is 0. The van der Waals surface area contributed by atoms with Crippen molar-refractivity contribution in [1.82, 2.24) is 4.90 Å². The van der Waals surface area contributed by atoms with Crippen molar-refractivity contribution in [2.45, 2.75) is 57.9 Å². The zero-order valence-electron chi connectivity index (χ0n) is 12.0. The van der Waals surface area contributed by atoms with Crippen LogP contribution in [0.4, 0.5) is 0 Å². The molecule has 0 amide bonds. The number of likely N-dealkylation sites (tertiary alicyclic amines) is 1. The second-order valence-electron chi connectivity index (χ2n) is 6.96. The highest BCUT2D eigenvalue weighted by atomic mass is 15.2. The monoisotopic (exact) mass is 243 g/mol. The second-order valence-corrected chi connectivity index (χ2v) is 6.96. The predicted octanol–water partition coefficient (Wildman–Crippen LogP) is 4.07. The largest absolute Gasteiger partial charge is 0.296 e. The first-order valence-electron chi connectivity index (χ1n) is 7.43. The third-order valence-corrected chi connectivity index (χ3v) is 4.64. The molecule has 1 atom stereocenters. The Labute approximate surface area is 111 Å². The van der Waals surface area contributed by atoms with E-state index < -0.39 is 0 Å². The van der Waals surface area contributed by atoms with Crippen LogP contribution in [-0.4, -0.2) is 18.0 Å². The van der Waals surface area contributed by atoms with Crippen LogP contribution < -0.4 is 0 Å². The van der Waals surface area contributed by atoms with E-state index in [1.807, 2.05) is 0 Å². The van der Waals surface area contributed by atoms with E-state index in [0.717, 1.165) is 0 Å². The summed E-state index contributed by atoms with van der Waals surface area (Å²) < 4.78 is 0. The van der Waals surface area contributed by atoms with E-state index in [1.165, 1.54) is 44.3 Å². The predicted molar refractivity (Wildman–Crippen MR) is 77.0 cm³/mol. The van der Waals surface area contributed by atoms with E-state index in [-0.39, 0.29) is 5.41 Å². The van der Waals surface area contributed by atoms with Crippen molar-refractivity contribution in [3.05, 3.63) is 34.9 Å². The first-order chi connectivity index (χ1) is 8.55. The van der Waals surface area contributed by atoms with Gasteiger partial charge in [-0.1, -0.05) is 39.0 Å². The van der Waals surface area contributed by atoms with Gasteiger partial charge in [-0.25, -0.2) is 0 Å². The molecule has 1 fully saturated rings. The van der Waals surface area contributed by atoms with Crippen LogP contribution in [0.25, 0.3) is 0 Å². The van der Waals surface area contributed by atoms with E-state index >= 15 is 0 Å². The summed E-state index contributed by atoms with van der Waals surface area (Å²) in [5.41, 5.74) is 4.99. The Kier molecular flexibility index (Phi) is 2.97. The Morgan fingerprint density at radius 2 is 1.83 bits per heavy atom. The molecule has 0 radical (unpaired) electrons. The first kappa shape index (κ1) is 12.2. The minimum absolute atomic E-state index is 0.271. The molecular weight excluding hydrogens is 218 g/mol. The maximum Gasteiger partial charge on any atom is 0.0354 e. The van der Waals surface area contributed by atoms with Crippen molar-refractivity contribution in [3.63, 3.8) is 0 Å². The molecule has 1 aromatic rings. The van der Waals surface area contributed by atoms with Crippen LogP contribution in [0.3, 0.4) is 0 Å². The Bertz CT molecular complexity index is 435. The van der Waals surface area contributed by atoms with Gasteiger partial charge in [-0.15, -0.1) is 0 Å². The highest BCUT2D eigenvalue weighted by Gasteiger charge is 2.30.